The fourth-order valence-corrected chi connectivity index (χ4v) is 2.38. The summed E-state index contributed by atoms with van der Waals surface area (Å²) in [5.41, 5.74) is 0. The van der Waals surface area contributed by atoms with Crippen LogP contribution in [0.15, 0.2) is 0 Å². The summed E-state index contributed by atoms with van der Waals surface area (Å²) < 4.78 is 25.3. The summed E-state index contributed by atoms with van der Waals surface area (Å²) in [6.07, 6.45) is 1.96. The van der Waals surface area contributed by atoms with E-state index >= 15 is 0 Å². The Hall–Kier alpha value is -0.0900. The van der Waals surface area contributed by atoms with Crippen LogP contribution in [0.5, 0.6) is 0 Å². The van der Waals surface area contributed by atoms with E-state index in [1.54, 1.807) is 20.8 Å². The molecule has 0 atom stereocenters. The maximum atomic E-state index is 11.7. The number of rotatable bonds is 2. The Balaban J connectivity index is 2.54. The lowest BCUT2D eigenvalue weighted by molar-refractivity contribution is 0.269. The predicted molar refractivity (Wildman–Crippen MR) is 54.0 cm³/mol. The van der Waals surface area contributed by atoms with Crippen LogP contribution in [0.2, 0.25) is 0 Å². The van der Waals surface area contributed by atoms with E-state index in [1.807, 2.05) is 0 Å². The van der Waals surface area contributed by atoms with E-state index in [4.69, 9.17) is 0 Å². The highest BCUT2D eigenvalue weighted by Crippen LogP contribution is 2.28. The summed E-state index contributed by atoms with van der Waals surface area (Å²) in [7, 11) is -3.13. The molecular formula is C9H19NO2S. The van der Waals surface area contributed by atoms with E-state index in [1.165, 1.54) is 0 Å². The summed E-state index contributed by atoms with van der Waals surface area (Å²) in [5.74, 6) is 0.674. The molecule has 0 radical (unpaired) electrons. The van der Waals surface area contributed by atoms with Crippen LogP contribution in [0.1, 0.15) is 40.5 Å². The van der Waals surface area contributed by atoms with Crippen LogP contribution in [0.4, 0.5) is 0 Å². The maximum absolute atomic E-state index is 11.7. The quantitative estimate of drug-likeness (QED) is 0.742. The monoisotopic (exact) mass is 205 g/mol. The maximum Gasteiger partial charge on any atom is 0.216 e. The van der Waals surface area contributed by atoms with Gasteiger partial charge in [-0.1, -0.05) is 6.92 Å². The smallest absolute Gasteiger partial charge is 0.212 e. The third-order valence-electron chi connectivity index (χ3n) is 2.50. The molecule has 0 amide bonds. The first-order valence-electron chi connectivity index (χ1n) is 4.74. The van der Waals surface area contributed by atoms with Crippen LogP contribution < -0.4 is 4.72 Å². The van der Waals surface area contributed by atoms with Crippen molar-refractivity contribution in [1.82, 2.24) is 4.72 Å². The Labute approximate surface area is 81.0 Å². The molecule has 1 rings (SSSR count). The van der Waals surface area contributed by atoms with Crippen molar-refractivity contribution in [2.45, 2.75) is 51.3 Å². The number of hydrogen-bond acceptors (Lipinski definition) is 2. The largest absolute Gasteiger partial charge is 0.216 e. The van der Waals surface area contributed by atoms with Gasteiger partial charge in [-0.2, -0.15) is 0 Å². The normalized spacial score (nSPS) is 29.8. The molecule has 1 aliphatic rings. The third-order valence-corrected chi connectivity index (χ3v) is 4.76. The zero-order valence-corrected chi connectivity index (χ0v) is 9.61. The van der Waals surface area contributed by atoms with Crippen LogP contribution in [0.25, 0.3) is 0 Å². The van der Waals surface area contributed by atoms with Gasteiger partial charge in [-0.05, 0) is 39.5 Å². The Kier molecular flexibility index (Phi) is 2.74. The topological polar surface area (TPSA) is 46.2 Å². The predicted octanol–water partition coefficient (Wildman–Crippen LogP) is 1.50. The minimum Gasteiger partial charge on any atom is -0.212 e. The molecule has 0 aromatic carbocycles. The van der Waals surface area contributed by atoms with Crippen molar-refractivity contribution in [3.05, 3.63) is 0 Å². The number of sulfonamides is 1. The van der Waals surface area contributed by atoms with Gasteiger partial charge in [0.2, 0.25) is 10.0 Å². The van der Waals surface area contributed by atoms with Crippen molar-refractivity contribution in [2.75, 3.05) is 0 Å². The highest BCUT2D eigenvalue weighted by atomic mass is 32.2. The highest BCUT2D eigenvalue weighted by Gasteiger charge is 2.35. The van der Waals surface area contributed by atoms with Crippen LogP contribution in [-0.4, -0.2) is 19.2 Å². The summed E-state index contributed by atoms with van der Waals surface area (Å²) in [5, 5.41) is 0. The number of nitrogens with one attached hydrogen (secondary N) is 1. The molecule has 0 aromatic heterocycles. The molecule has 3 nitrogen and oxygen atoms in total. The van der Waals surface area contributed by atoms with Crippen LogP contribution >= 0.6 is 0 Å². The van der Waals surface area contributed by atoms with Gasteiger partial charge in [-0.15, -0.1) is 0 Å². The van der Waals surface area contributed by atoms with E-state index in [0.29, 0.717) is 5.92 Å². The van der Waals surface area contributed by atoms with Crippen LogP contribution in [-0.2, 0) is 10.0 Å². The minimum absolute atomic E-state index is 0.180. The average Bonchev–Trinajstić information content (AvgIpc) is 1.80. The average molecular weight is 205 g/mol. The van der Waals surface area contributed by atoms with Gasteiger partial charge in [-0.25, -0.2) is 13.1 Å². The van der Waals surface area contributed by atoms with Gasteiger partial charge in [-0.3, -0.25) is 0 Å². The fourth-order valence-electron chi connectivity index (χ4n) is 1.39. The first-order chi connectivity index (χ1) is 5.72. The van der Waals surface area contributed by atoms with E-state index in [2.05, 4.69) is 11.6 Å². The Morgan fingerprint density at radius 2 is 1.69 bits per heavy atom. The van der Waals surface area contributed by atoms with Crippen molar-refractivity contribution >= 4 is 10.0 Å². The van der Waals surface area contributed by atoms with E-state index in [-0.39, 0.29) is 6.04 Å². The van der Waals surface area contributed by atoms with Gasteiger partial charge in [0, 0.05) is 6.04 Å². The first kappa shape index (κ1) is 11.0. The molecule has 1 aliphatic carbocycles. The second-order valence-electron chi connectivity index (χ2n) is 5.01. The van der Waals surface area contributed by atoms with Crippen molar-refractivity contribution < 1.29 is 8.42 Å². The van der Waals surface area contributed by atoms with Crippen molar-refractivity contribution in [3.63, 3.8) is 0 Å². The van der Waals surface area contributed by atoms with Gasteiger partial charge < -0.3 is 0 Å². The molecule has 1 N–H and O–H groups in total. The Morgan fingerprint density at radius 1 is 1.23 bits per heavy atom. The van der Waals surface area contributed by atoms with Gasteiger partial charge >= 0.3 is 0 Å². The van der Waals surface area contributed by atoms with E-state index < -0.39 is 14.8 Å². The molecule has 0 aliphatic heterocycles. The molecule has 4 heteroatoms. The zero-order chi connectivity index (χ0) is 10.3. The lowest BCUT2D eigenvalue weighted by atomic mass is 9.83. The Bertz CT molecular complexity index is 270. The summed E-state index contributed by atoms with van der Waals surface area (Å²) in [4.78, 5) is 0. The second-order valence-corrected chi connectivity index (χ2v) is 7.47. The summed E-state index contributed by atoms with van der Waals surface area (Å²) >= 11 is 0. The van der Waals surface area contributed by atoms with Gasteiger partial charge in [0.15, 0.2) is 0 Å². The van der Waals surface area contributed by atoms with Crippen LogP contribution in [0.3, 0.4) is 0 Å². The van der Waals surface area contributed by atoms with E-state index in [9.17, 15) is 8.42 Å². The van der Waals surface area contributed by atoms with Crippen LogP contribution in [0, 0.1) is 5.92 Å². The zero-order valence-electron chi connectivity index (χ0n) is 8.79. The molecule has 0 unspecified atom stereocenters. The summed E-state index contributed by atoms with van der Waals surface area (Å²) in [6.45, 7) is 7.30. The molecule has 78 valence electrons. The van der Waals surface area contributed by atoms with Crippen molar-refractivity contribution in [2.24, 2.45) is 5.92 Å². The minimum atomic E-state index is -3.13. The third kappa shape index (κ3) is 2.44. The highest BCUT2D eigenvalue weighted by molar-refractivity contribution is 7.90. The molecule has 1 fully saturated rings. The summed E-state index contributed by atoms with van der Waals surface area (Å²) in [6, 6.07) is 0.180. The lowest BCUT2D eigenvalue weighted by Crippen LogP contribution is -2.49. The van der Waals surface area contributed by atoms with Crippen molar-refractivity contribution in [1.29, 1.82) is 0 Å². The van der Waals surface area contributed by atoms with E-state index in [0.717, 1.165) is 12.8 Å². The molecule has 0 aromatic rings. The molecule has 0 spiro atoms. The molecule has 1 saturated carbocycles. The van der Waals surface area contributed by atoms with Gasteiger partial charge in [0.25, 0.3) is 0 Å². The fraction of sp³-hybridized carbons (Fsp3) is 1.00. The SMILES string of the molecule is CC(C)(C)S(=O)(=O)N[C@H]1C[C@@H](C)C1. The van der Waals surface area contributed by atoms with Gasteiger partial charge in [0.05, 0.1) is 4.75 Å². The first-order valence-corrected chi connectivity index (χ1v) is 6.22. The van der Waals surface area contributed by atoms with Gasteiger partial charge in [0.1, 0.15) is 0 Å². The standard InChI is InChI=1S/C9H19NO2S/c1-7-5-8(6-7)10-13(11,12)9(2,3)4/h7-8,10H,5-6H2,1-4H3/t7-,8+. The molecule has 0 bridgehead atoms. The molecule has 13 heavy (non-hydrogen) atoms. The lowest BCUT2D eigenvalue weighted by Gasteiger charge is -2.35. The second kappa shape index (κ2) is 3.24. The Morgan fingerprint density at radius 3 is 2.00 bits per heavy atom. The molecule has 0 heterocycles. The number of hydrogen-bond donors (Lipinski definition) is 1. The molecule has 0 saturated heterocycles. The van der Waals surface area contributed by atoms with Crippen molar-refractivity contribution in [3.8, 4) is 0 Å². The molecular weight excluding hydrogens is 186 g/mol.